The van der Waals surface area contributed by atoms with E-state index in [-0.39, 0.29) is 0 Å². The average molecular weight is 219 g/mol. The highest BCUT2D eigenvalue weighted by molar-refractivity contribution is 5.23. The largest absolute Gasteiger partial charge is 0.377 e. The van der Waals surface area contributed by atoms with Crippen LogP contribution in [0, 0.1) is 6.92 Å². The second-order valence-corrected chi connectivity index (χ2v) is 4.77. The van der Waals surface area contributed by atoms with E-state index < -0.39 is 0 Å². The van der Waals surface area contributed by atoms with Crippen molar-refractivity contribution < 1.29 is 4.74 Å². The first-order chi connectivity index (χ1) is 7.66. The van der Waals surface area contributed by atoms with Gasteiger partial charge in [-0.3, -0.25) is 0 Å². The summed E-state index contributed by atoms with van der Waals surface area (Å²) >= 11 is 0. The Bertz CT molecular complexity index is 333. The van der Waals surface area contributed by atoms with Crippen molar-refractivity contribution in [2.75, 3.05) is 6.61 Å². The maximum atomic E-state index is 5.56. The van der Waals surface area contributed by atoms with Crippen LogP contribution in [0.2, 0.25) is 0 Å². The van der Waals surface area contributed by atoms with Crippen LogP contribution in [0.5, 0.6) is 0 Å². The molecule has 0 radical (unpaired) electrons. The molecule has 0 saturated carbocycles. The van der Waals surface area contributed by atoms with Gasteiger partial charge in [0.15, 0.2) is 0 Å². The minimum atomic E-state index is 0.341. The molecule has 2 rings (SSSR count). The molecule has 2 heteroatoms. The van der Waals surface area contributed by atoms with Crippen molar-refractivity contribution in [2.24, 2.45) is 0 Å². The number of benzene rings is 1. The summed E-state index contributed by atoms with van der Waals surface area (Å²) in [6.45, 7) is 7.37. The number of ether oxygens (including phenoxy) is 1. The summed E-state index contributed by atoms with van der Waals surface area (Å²) < 4.78 is 5.56. The Morgan fingerprint density at radius 2 is 2.00 bits per heavy atom. The van der Waals surface area contributed by atoms with Crippen LogP contribution in [-0.4, -0.2) is 18.8 Å². The SMILES string of the molecule is Cc1ccc(C(C)NC2CCOC2C)cc1. The van der Waals surface area contributed by atoms with Gasteiger partial charge in [0.2, 0.25) is 0 Å². The molecule has 0 aromatic heterocycles. The highest BCUT2D eigenvalue weighted by Gasteiger charge is 2.25. The van der Waals surface area contributed by atoms with Crippen molar-refractivity contribution in [3.05, 3.63) is 35.4 Å². The average Bonchev–Trinajstić information content (AvgIpc) is 2.65. The lowest BCUT2D eigenvalue weighted by molar-refractivity contribution is 0.111. The summed E-state index contributed by atoms with van der Waals surface area (Å²) in [5.74, 6) is 0. The zero-order chi connectivity index (χ0) is 11.5. The third-order valence-electron chi connectivity index (χ3n) is 3.42. The van der Waals surface area contributed by atoms with Gasteiger partial charge in [-0.1, -0.05) is 29.8 Å². The number of hydrogen-bond acceptors (Lipinski definition) is 2. The van der Waals surface area contributed by atoms with E-state index in [9.17, 15) is 0 Å². The Labute approximate surface area is 98.0 Å². The van der Waals surface area contributed by atoms with Crippen molar-refractivity contribution in [2.45, 2.75) is 45.4 Å². The molecule has 1 aliphatic rings. The highest BCUT2D eigenvalue weighted by atomic mass is 16.5. The summed E-state index contributed by atoms with van der Waals surface area (Å²) in [6.07, 6.45) is 1.46. The predicted octanol–water partition coefficient (Wildman–Crippen LogP) is 2.82. The molecule has 3 unspecified atom stereocenters. The van der Waals surface area contributed by atoms with Gasteiger partial charge < -0.3 is 10.1 Å². The van der Waals surface area contributed by atoms with Crippen molar-refractivity contribution >= 4 is 0 Å². The van der Waals surface area contributed by atoms with Gasteiger partial charge in [0.1, 0.15) is 0 Å². The molecule has 0 bridgehead atoms. The summed E-state index contributed by atoms with van der Waals surface area (Å²) in [6, 6.07) is 9.64. The van der Waals surface area contributed by atoms with Crippen LogP contribution in [-0.2, 0) is 4.74 Å². The van der Waals surface area contributed by atoms with E-state index >= 15 is 0 Å². The van der Waals surface area contributed by atoms with Gasteiger partial charge in [-0.25, -0.2) is 0 Å². The monoisotopic (exact) mass is 219 g/mol. The Morgan fingerprint density at radius 3 is 2.56 bits per heavy atom. The molecule has 1 N–H and O–H groups in total. The van der Waals surface area contributed by atoms with E-state index in [0.717, 1.165) is 13.0 Å². The van der Waals surface area contributed by atoms with E-state index in [1.165, 1.54) is 11.1 Å². The summed E-state index contributed by atoms with van der Waals surface area (Å²) in [4.78, 5) is 0. The van der Waals surface area contributed by atoms with Gasteiger partial charge in [-0.2, -0.15) is 0 Å². The van der Waals surface area contributed by atoms with E-state index in [1.54, 1.807) is 0 Å². The molecule has 16 heavy (non-hydrogen) atoms. The summed E-state index contributed by atoms with van der Waals surface area (Å²) in [5, 5.41) is 3.64. The number of hydrogen-bond donors (Lipinski definition) is 1. The van der Waals surface area contributed by atoms with Crippen LogP contribution >= 0.6 is 0 Å². The van der Waals surface area contributed by atoms with Gasteiger partial charge in [0.25, 0.3) is 0 Å². The predicted molar refractivity (Wildman–Crippen MR) is 66.5 cm³/mol. The van der Waals surface area contributed by atoms with Gasteiger partial charge in [0, 0.05) is 18.7 Å². The van der Waals surface area contributed by atoms with E-state index in [0.29, 0.717) is 18.2 Å². The molecule has 0 aliphatic carbocycles. The smallest absolute Gasteiger partial charge is 0.0700 e. The number of rotatable bonds is 3. The van der Waals surface area contributed by atoms with E-state index in [4.69, 9.17) is 4.74 Å². The summed E-state index contributed by atoms with van der Waals surface area (Å²) in [5.41, 5.74) is 2.67. The third-order valence-corrected chi connectivity index (χ3v) is 3.42. The lowest BCUT2D eigenvalue weighted by Gasteiger charge is -2.22. The standard InChI is InChI=1S/C14H21NO/c1-10-4-6-13(7-5-10)11(2)15-14-8-9-16-12(14)3/h4-7,11-12,14-15H,8-9H2,1-3H3. The Morgan fingerprint density at radius 1 is 1.31 bits per heavy atom. The second-order valence-electron chi connectivity index (χ2n) is 4.77. The van der Waals surface area contributed by atoms with Crippen LogP contribution in [0.25, 0.3) is 0 Å². The molecule has 3 atom stereocenters. The fourth-order valence-corrected chi connectivity index (χ4v) is 2.22. The van der Waals surface area contributed by atoms with Gasteiger partial charge in [-0.15, -0.1) is 0 Å². The molecular formula is C14H21NO. The quantitative estimate of drug-likeness (QED) is 0.844. The van der Waals surface area contributed by atoms with Crippen LogP contribution in [0.1, 0.15) is 37.4 Å². The topological polar surface area (TPSA) is 21.3 Å². The zero-order valence-electron chi connectivity index (χ0n) is 10.4. The summed E-state index contributed by atoms with van der Waals surface area (Å²) in [7, 11) is 0. The molecule has 1 heterocycles. The lowest BCUT2D eigenvalue weighted by atomic mass is 10.0. The molecule has 1 aliphatic heterocycles. The Kier molecular flexibility index (Phi) is 3.62. The van der Waals surface area contributed by atoms with Gasteiger partial charge >= 0.3 is 0 Å². The molecule has 1 saturated heterocycles. The Hall–Kier alpha value is -0.860. The van der Waals surface area contributed by atoms with Crippen molar-refractivity contribution in [1.29, 1.82) is 0 Å². The molecule has 1 fully saturated rings. The highest BCUT2D eigenvalue weighted by Crippen LogP contribution is 2.19. The van der Waals surface area contributed by atoms with Crippen molar-refractivity contribution in [1.82, 2.24) is 5.32 Å². The maximum absolute atomic E-state index is 5.56. The molecule has 0 spiro atoms. The van der Waals surface area contributed by atoms with E-state index in [1.807, 2.05) is 0 Å². The molecule has 2 nitrogen and oxygen atoms in total. The molecule has 88 valence electrons. The van der Waals surface area contributed by atoms with Gasteiger partial charge in [0.05, 0.1) is 6.10 Å². The van der Waals surface area contributed by atoms with Crippen LogP contribution in [0.15, 0.2) is 24.3 Å². The van der Waals surface area contributed by atoms with E-state index in [2.05, 4.69) is 50.4 Å². The van der Waals surface area contributed by atoms with Crippen molar-refractivity contribution in [3.63, 3.8) is 0 Å². The zero-order valence-corrected chi connectivity index (χ0v) is 10.4. The Balaban J connectivity index is 1.97. The second kappa shape index (κ2) is 4.98. The molecule has 1 aromatic carbocycles. The normalized spacial score (nSPS) is 26.9. The first-order valence-electron chi connectivity index (χ1n) is 6.11. The molecular weight excluding hydrogens is 198 g/mol. The third kappa shape index (κ3) is 2.63. The van der Waals surface area contributed by atoms with Crippen LogP contribution in [0.3, 0.4) is 0 Å². The fraction of sp³-hybridized carbons (Fsp3) is 0.571. The van der Waals surface area contributed by atoms with Crippen LogP contribution < -0.4 is 5.32 Å². The minimum Gasteiger partial charge on any atom is -0.377 e. The number of nitrogens with one attached hydrogen (secondary N) is 1. The van der Waals surface area contributed by atoms with Gasteiger partial charge in [-0.05, 0) is 32.8 Å². The first kappa shape index (κ1) is 11.6. The first-order valence-corrected chi connectivity index (χ1v) is 6.11. The fourth-order valence-electron chi connectivity index (χ4n) is 2.22. The molecule has 1 aromatic rings. The minimum absolute atomic E-state index is 0.341. The van der Waals surface area contributed by atoms with Crippen LogP contribution in [0.4, 0.5) is 0 Å². The number of aryl methyl sites for hydroxylation is 1. The maximum Gasteiger partial charge on any atom is 0.0700 e. The lowest BCUT2D eigenvalue weighted by Crippen LogP contribution is -2.36. The van der Waals surface area contributed by atoms with Crippen molar-refractivity contribution in [3.8, 4) is 0 Å². The molecule has 0 amide bonds.